The number of anilines is 1. The van der Waals surface area contributed by atoms with Gasteiger partial charge in [0.1, 0.15) is 11.6 Å². The first-order chi connectivity index (χ1) is 13.5. The van der Waals surface area contributed by atoms with Crippen LogP contribution in [0.15, 0.2) is 58.3 Å². The molecule has 28 heavy (non-hydrogen) atoms. The minimum absolute atomic E-state index is 0.123. The maximum atomic E-state index is 12.4. The summed E-state index contributed by atoms with van der Waals surface area (Å²) < 4.78 is 5.24. The molecule has 0 atom stereocenters. The van der Waals surface area contributed by atoms with E-state index in [-0.39, 0.29) is 5.91 Å². The number of aryl methyl sites for hydroxylation is 1. The predicted octanol–water partition coefficient (Wildman–Crippen LogP) is 3.92. The molecular formula is C21H24N4O2S. The van der Waals surface area contributed by atoms with E-state index in [1.807, 2.05) is 55.4 Å². The molecule has 0 saturated heterocycles. The molecule has 2 aromatic heterocycles. The highest BCUT2D eigenvalue weighted by molar-refractivity contribution is 7.98. The lowest BCUT2D eigenvalue weighted by molar-refractivity contribution is 0.0948. The van der Waals surface area contributed by atoms with Crippen LogP contribution in [0.2, 0.25) is 0 Å². The van der Waals surface area contributed by atoms with Crippen molar-refractivity contribution in [3.05, 3.63) is 71.3 Å². The molecule has 1 aromatic carbocycles. The summed E-state index contributed by atoms with van der Waals surface area (Å²) in [6, 6.07) is 13.3. The van der Waals surface area contributed by atoms with E-state index in [1.54, 1.807) is 24.1 Å². The summed E-state index contributed by atoms with van der Waals surface area (Å²) in [6.45, 7) is 2.46. The number of furan rings is 1. The van der Waals surface area contributed by atoms with Gasteiger partial charge in [0.2, 0.25) is 0 Å². The molecule has 0 aliphatic rings. The molecule has 146 valence electrons. The van der Waals surface area contributed by atoms with Gasteiger partial charge in [-0.2, -0.15) is 0 Å². The third-order valence-electron chi connectivity index (χ3n) is 4.13. The number of carbonyl (C=O) groups is 1. The van der Waals surface area contributed by atoms with Gasteiger partial charge < -0.3 is 14.6 Å². The van der Waals surface area contributed by atoms with Gasteiger partial charge in [-0.25, -0.2) is 9.97 Å². The van der Waals surface area contributed by atoms with Gasteiger partial charge in [0, 0.05) is 37.2 Å². The van der Waals surface area contributed by atoms with Crippen molar-refractivity contribution < 1.29 is 9.21 Å². The highest BCUT2D eigenvalue weighted by Gasteiger charge is 2.09. The van der Waals surface area contributed by atoms with E-state index in [1.165, 1.54) is 0 Å². The van der Waals surface area contributed by atoms with Crippen LogP contribution < -0.4 is 10.2 Å². The molecule has 0 radical (unpaired) electrons. The quantitative estimate of drug-likeness (QED) is 0.460. The van der Waals surface area contributed by atoms with Crippen LogP contribution in [-0.2, 0) is 18.7 Å². The molecule has 3 aromatic rings. The van der Waals surface area contributed by atoms with E-state index in [0.29, 0.717) is 17.9 Å². The van der Waals surface area contributed by atoms with Crippen molar-refractivity contribution in [2.75, 3.05) is 19.0 Å². The van der Waals surface area contributed by atoms with Crippen LogP contribution in [-0.4, -0.2) is 30.0 Å². The molecule has 0 spiro atoms. The van der Waals surface area contributed by atoms with E-state index in [2.05, 4.69) is 22.2 Å². The Labute approximate surface area is 169 Å². The van der Waals surface area contributed by atoms with E-state index < -0.39 is 0 Å². The first-order valence-electron chi connectivity index (χ1n) is 9.12. The second-order valence-corrected chi connectivity index (χ2v) is 7.44. The number of aromatic nitrogens is 2. The third kappa shape index (κ3) is 5.36. The van der Waals surface area contributed by atoms with Crippen LogP contribution in [0.3, 0.4) is 0 Å². The lowest BCUT2D eigenvalue weighted by Gasteiger charge is -2.13. The molecule has 0 fully saturated rings. The molecule has 0 aliphatic heterocycles. The molecule has 0 saturated carbocycles. The van der Waals surface area contributed by atoms with Crippen molar-refractivity contribution >= 4 is 23.5 Å². The number of rotatable bonds is 8. The number of thioether (sulfide) groups is 1. The summed E-state index contributed by atoms with van der Waals surface area (Å²) in [7, 11) is 3.95. The third-order valence-corrected chi connectivity index (χ3v) is 5.04. The largest absolute Gasteiger partial charge is 0.467 e. The van der Waals surface area contributed by atoms with Crippen LogP contribution in [0.25, 0.3) is 0 Å². The number of hydrogen-bond donors (Lipinski definition) is 1. The van der Waals surface area contributed by atoms with Gasteiger partial charge >= 0.3 is 0 Å². The van der Waals surface area contributed by atoms with E-state index in [9.17, 15) is 4.79 Å². The molecule has 1 N–H and O–H groups in total. The summed E-state index contributed by atoms with van der Waals surface area (Å²) in [5, 5.41) is 3.61. The van der Waals surface area contributed by atoms with E-state index >= 15 is 0 Å². The van der Waals surface area contributed by atoms with E-state index in [0.717, 1.165) is 34.4 Å². The van der Waals surface area contributed by atoms with Crippen molar-refractivity contribution in [2.24, 2.45) is 0 Å². The van der Waals surface area contributed by atoms with Crippen LogP contribution in [0, 0.1) is 0 Å². The molecule has 6 nitrogen and oxygen atoms in total. The van der Waals surface area contributed by atoms with Gasteiger partial charge in [0.15, 0.2) is 5.16 Å². The minimum atomic E-state index is -0.123. The molecule has 0 aliphatic carbocycles. The Hall–Kier alpha value is -2.80. The highest BCUT2D eigenvalue weighted by Crippen LogP contribution is 2.23. The van der Waals surface area contributed by atoms with Gasteiger partial charge in [-0.1, -0.05) is 30.8 Å². The van der Waals surface area contributed by atoms with E-state index in [4.69, 9.17) is 4.42 Å². The molecular weight excluding hydrogens is 372 g/mol. The maximum absolute atomic E-state index is 12.4. The Bertz CT molecular complexity index is 926. The van der Waals surface area contributed by atoms with Crippen molar-refractivity contribution in [3.8, 4) is 0 Å². The molecule has 0 unspecified atom stereocenters. The Kier molecular flexibility index (Phi) is 6.71. The molecule has 0 bridgehead atoms. The van der Waals surface area contributed by atoms with Crippen molar-refractivity contribution in [1.82, 2.24) is 15.3 Å². The lowest BCUT2D eigenvalue weighted by atomic mass is 10.1. The van der Waals surface area contributed by atoms with Crippen LogP contribution in [0.5, 0.6) is 0 Å². The smallest absolute Gasteiger partial charge is 0.251 e. The second kappa shape index (κ2) is 9.41. The zero-order valence-electron chi connectivity index (χ0n) is 16.3. The van der Waals surface area contributed by atoms with Crippen LogP contribution in [0.4, 0.5) is 5.82 Å². The van der Waals surface area contributed by atoms with Gasteiger partial charge in [-0.15, -0.1) is 0 Å². The summed E-state index contributed by atoms with van der Waals surface area (Å²) in [5.74, 6) is 2.20. The number of benzene rings is 1. The van der Waals surface area contributed by atoms with Gasteiger partial charge in [-0.3, -0.25) is 4.79 Å². The Balaban J connectivity index is 1.64. The first kappa shape index (κ1) is 19.9. The number of carbonyl (C=O) groups excluding carboxylic acids is 1. The Morgan fingerprint density at radius 3 is 2.75 bits per heavy atom. The van der Waals surface area contributed by atoms with Gasteiger partial charge in [0.25, 0.3) is 5.91 Å². The molecule has 7 heteroatoms. The zero-order chi connectivity index (χ0) is 19.9. The Morgan fingerprint density at radius 1 is 1.18 bits per heavy atom. The van der Waals surface area contributed by atoms with Crippen molar-refractivity contribution in [1.29, 1.82) is 0 Å². The highest BCUT2D eigenvalue weighted by atomic mass is 32.2. The van der Waals surface area contributed by atoms with Gasteiger partial charge in [-0.05, 0) is 36.2 Å². The average Bonchev–Trinajstić information content (AvgIpc) is 3.24. The minimum Gasteiger partial charge on any atom is -0.467 e. The average molecular weight is 397 g/mol. The molecule has 2 heterocycles. The topological polar surface area (TPSA) is 71.3 Å². The maximum Gasteiger partial charge on any atom is 0.251 e. The number of nitrogens with zero attached hydrogens (tertiary/aromatic N) is 3. The summed E-state index contributed by atoms with van der Waals surface area (Å²) >= 11 is 1.57. The summed E-state index contributed by atoms with van der Waals surface area (Å²) in [4.78, 5) is 23.6. The summed E-state index contributed by atoms with van der Waals surface area (Å²) in [5.41, 5.74) is 2.70. The normalized spacial score (nSPS) is 10.7. The fourth-order valence-corrected chi connectivity index (χ4v) is 3.38. The zero-order valence-corrected chi connectivity index (χ0v) is 17.1. The Morgan fingerprint density at radius 2 is 2.04 bits per heavy atom. The molecule has 3 rings (SSSR count). The monoisotopic (exact) mass is 396 g/mol. The fourth-order valence-electron chi connectivity index (χ4n) is 2.57. The predicted molar refractivity (Wildman–Crippen MR) is 112 cm³/mol. The lowest BCUT2D eigenvalue weighted by Crippen LogP contribution is -2.22. The summed E-state index contributed by atoms with van der Waals surface area (Å²) in [6.07, 6.45) is 2.46. The number of hydrogen-bond acceptors (Lipinski definition) is 6. The fraction of sp³-hybridized carbons (Fsp3) is 0.286. The molecule has 1 amide bonds. The van der Waals surface area contributed by atoms with Crippen molar-refractivity contribution in [2.45, 2.75) is 30.8 Å². The standard InChI is InChI=1S/C21H24N4O2S/c1-4-17-12-19(25(2)3)24-21(23-17)28-14-15-7-5-8-16(11-15)20(26)22-13-18-9-6-10-27-18/h5-12H,4,13-14H2,1-3H3,(H,22,26). The van der Waals surface area contributed by atoms with Crippen LogP contribution in [0.1, 0.15) is 34.3 Å². The van der Waals surface area contributed by atoms with Crippen molar-refractivity contribution in [3.63, 3.8) is 0 Å². The van der Waals surface area contributed by atoms with Crippen LogP contribution >= 0.6 is 11.8 Å². The first-order valence-corrected chi connectivity index (χ1v) is 10.1. The van der Waals surface area contributed by atoms with Gasteiger partial charge in [0.05, 0.1) is 12.8 Å². The number of amides is 1. The second-order valence-electron chi connectivity index (χ2n) is 6.50. The SMILES string of the molecule is CCc1cc(N(C)C)nc(SCc2cccc(C(=O)NCc3ccco3)c2)n1. The number of nitrogens with one attached hydrogen (secondary N) is 1.